The Morgan fingerprint density at radius 3 is 2.88 bits per heavy atom. The number of esters is 2. The van der Waals surface area contributed by atoms with Crippen molar-refractivity contribution >= 4 is 11.9 Å². The molecule has 3 rings (SSSR count). The SMILES string of the molecule is C/C=C1\C[C@H](C)[C@@](C)(O)C(=O)OCC2=CCN3CC[C@@H](OC1=O)[C@@H]23. The van der Waals surface area contributed by atoms with Crippen LogP contribution in [0.3, 0.4) is 0 Å². The van der Waals surface area contributed by atoms with Gasteiger partial charge in [0.05, 0.1) is 6.04 Å². The zero-order chi connectivity index (χ0) is 17.5. The Bertz CT molecular complexity index is 607. The highest BCUT2D eigenvalue weighted by Gasteiger charge is 2.45. The molecule has 2 saturated heterocycles. The predicted molar refractivity (Wildman–Crippen MR) is 87.1 cm³/mol. The van der Waals surface area contributed by atoms with Gasteiger partial charge in [-0.15, -0.1) is 0 Å². The highest BCUT2D eigenvalue weighted by atomic mass is 16.6. The lowest BCUT2D eigenvalue weighted by Gasteiger charge is -2.31. The number of hydrogen-bond acceptors (Lipinski definition) is 6. The van der Waals surface area contributed by atoms with Gasteiger partial charge >= 0.3 is 11.9 Å². The Kier molecular flexibility index (Phi) is 4.53. The Labute approximate surface area is 142 Å². The van der Waals surface area contributed by atoms with E-state index in [2.05, 4.69) is 4.90 Å². The molecular formula is C18H25NO5. The molecule has 24 heavy (non-hydrogen) atoms. The van der Waals surface area contributed by atoms with E-state index < -0.39 is 17.5 Å². The van der Waals surface area contributed by atoms with Crippen molar-refractivity contribution in [2.75, 3.05) is 19.7 Å². The van der Waals surface area contributed by atoms with Gasteiger partial charge in [-0.25, -0.2) is 9.59 Å². The van der Waals surface area contributed by atoms with Gasteiger partial charge in [0.25, 0.3) is 0 Å². The molecule has 4 atom stereocenters. The van der Waals surface area contributed by atoms with Gasteiger partial charge in [-0.3, -0.25) is 4.90 Å². The molecule has 3 aliphatic heterocycles. The molecule has 0 aliphatic carbocycles. The molecule has 6 heteroatoms. The van der Waals surface area contributed by atoms with Crippen LogP contribution in [0.4, 0.5) is 0 Å². The van der Waals surface area contributed by atoms with Crippen LogP contribution in [-0.4, -0.2) is 59.4 Å². The standard InChI is InChI=1S/C18H25NO5/c1-4-12-9-11(2)18(3,22)17(21)23-10-13-5-7-19-8-6-14(15(13)19)24-16(12)20/h4-5,11,14-15,22H,6-10H2,1-3H3/b12-4+/t11-,14+,15+,18+/m0/s1. The topological polar surface area (TPSA) is 76.1 Å². The second-order valence-electron chi connectivity index (χ2n) is 7.09. The number of rotatable bonds is 0. The van der Waals surface area contributed by atoms with E-state index in [1.54, 1.807) is 19.9 Å². The summed E-state index contributed by atoms with van der Waals surface area (Å²) in [5.41, 5.74) is -0.218. The van der Waals surface area contributed by atoms with Gasteiger partial charge in [-0.2, -0.15) is 0 Å². The van der Waals surface area contributed by atoms with Crippen LogP contribution in [0.15, 0.2) is 23.3 Å². The van der Waals surface area contributed by atoms with E-state index in [4.69, 9.17) is 9.47 Å². The van der Waals surface area contributed by atoms with Crippen LogP contribution >= 0.6 is 0 Å². The minimum atomic E-state index is -1.65. The van der Waals surface area contributed by atoms with Crippen molar-refractivity contribution in [3.05, 3.63) is 23.3 Å². The number of hydrogen-bond donors (Lipinski definition) is 1. The summed E-state index contributed by atoms with van der Waals surface area (Å²) in [6.45, 7) is 6.71. The third-order valence-electron chi connectivity index (χ3n) is 5.55. The van der Waals surface area contributed by atoms with Crippen LogP contribution in [0.5, 0.6) is 0 Å². The van der Waals surface area contributed by atoms with Gasteiger partial charge in [0.15, 0.2) is 5.60 Å². The van der Waals surface area contributed by atoms with E-state index >= 15 is 0 Å². The fourth-order valence-electron chi connectivity index (χ4n) is 3.68. The summed E-state index contributed by atoms with van der Waals surface area (Å²) in [7, 11) is 0. The molecule has 0 saturated carbocycles. The second kappa shape index (κ2) is 6.33. The molecule has 0 radical (unpaired) electrons. The number of carbonyl (C=O) groups is 2. The first-order valence-corrected chi connectivity index (χ1v) is 8.53. The van der Waals surface area contributed by atoms with Crippen molar-refractivity contribution in [3.63, 3.8) is 0 Å². The van der Waals surface area contributed by atoms with E-state index in [9.17, 15) is 14.7 Å². The van der Waals surface area contributed by atoms with Gasteiger partial charge in [0, 0.05) is 18.7 Å². The Hall–Kier alpha value is -1.66. The van der Waals surface area contributed by atoms with Crippen LogP contribution in [0, 0.1) is 5.92 Å². The van der Waals surface area contributed by atoms with Gasteiger partial charge in [0.1, 0.15) is 12.7 Å². The average Bonchev–Trinajstić information content (AvgIpc) is 3.12. The Balaban J connectivity index is 1.91. The van der Waals surface area contributed by atoms with Gasteiger partial charge in [-0.05, 0) is 38.2 Å². The molecule has 3 aliphatic rings. The quantitative estimate of drug-likeness (QED) is 0.407. The number of carbonyl (C=O) groups excluding carboxylic acids is 2. The first-order chi connectivity index (χ1) is 11.3. The van der Waals surface area contributed by atoms with Crippen LogP contribution in [0.2, 0.25) is 0 Å². The minimum absolute atomic E-state index is 0.0262. The molecule has 2 fully saturated rings. The molecule has 1 N–H and O–H groups in total. The first-order valence-electron chi connectivity index (χ1n) is 8.53. The van der Waals surface area contributed by atoms with E-state index in [0.29, 0.717) is 5.57 Å². The summed E-state index contributed by atoms with van der Waals surface area (Å²) >= 11 is 0. The smallest absolute Gasteiger partial charge is 0.338 e. The van der Waals surface area contributed by atoms with Crippen LogP contribution < -0.4 is 0 Å². The third kappa shape index (κ3) is 2.89. The highest BCUT2D eigenvalue weighted by molar-refractivity contribution is 5.89. The van der Waals surface area contributed by atoms with Crippen LogP contribution in [-0.2, 0) is 19.1 Å². The van der Waals surface area contributed by atoms with E-state index in [0.717, 1.165) is 25.1 Å². The summed E-state index contributed by atoms with van der Waals surface area (Å²) in [6.07, 6.45) is 4.56. The van der Waals surface area contributed by atoms with Crippen molar-refractivity contribution in [3.8, 4) is 0 Å². The summed E-state index contributed by atoms with van der Waals surface area (Å²) in [6, 6.07) is -0.0262. The highest BCUT2D eigenvalue weighted by Crippen LogP contribution is 2.34. The lowest BCUT2D eigenvalue weighted by atomic mass is 9.85. The van der Waals surface area contributed by atoms with Crippen molar-refractivity contribution in [2.45, 2.75) is 51.4 Å². The van der Waals surface area contributed by atoms with Gasteiger partial charge in [0.2, 0.25) is 0 Å². The molecule has 3 heterocycles. The lowest BCUT2D eigenvalue weighted by molar-refractivity contribution is -0.169. The van der Waals surface area contributed by atoms with Crippen LogP contribution in [0.25, 0.3) is 0 Å². The van der Waals surface area contributed by atoms with Crippen molar-refractivity contribution < 1.29 is 24.2 Å². The molecule has 132 valence electrons. The Morgan fingerprint density at radius 1 is 1.42 bits per heavy atom. The summed E-state index contributed by atoms with van der Waals surface area (Å²) in [5, 5.41) is 10.6. The molecule has 0 aromatic carbocycles. The van der Waals surface area contributed by atoms with E-state index in [1.807, 2.05) is 6.08 Å². The normalized spacial score (nSPS) is 39.6. The fourth-order valence-corrected chi connectivity index (χ4v) is 3.68. The summed E-state index contributed by atoms with van der Waals surface area (Å²) in [4.78, 5) is 27.1. The molecule has 0 aromatic heterocycles. The fraction of sp³-hybridized carbons (Fsp3) is 0.667. The van der Waals surface area contributed by atoms with Gasteiger partial charge < -0.3 is 14.6 Å². The number of ether oxygens (including phenoxy) is 2. The zero-order valence-electron chi connectivity index (χ0n) is 14.4. The Morgan fingerprint density at radius 2 is 2.17 bits per heavy atom. The van der Waals surface area contributed by atoms with Crippen molar-refractivity contribution in [2.24, 2.45) is 5.92 Å². The molecule has 6 nitrogen and oxygen atoms in total. The zero-order valence-corrected chi connectivity index (χ0v) is 14.4. The maximum Gasteiger partial charge on any atom is 0.338 e. The molecule has 0 unspecified atom stereocenters. The molecule has 0 bridgehead atoms. The lowest BCUT2D eigenvalue weighted by Crippen LogP contribution is -2.45. The summed E-state index contributed by atoms with van der Waals surface area (Å²) < 4.78 is 11.2. The van der Waals surface area contributed by atoms with E-state index in [1.165, 1.54) is 6.92 Å². The third-order valence-corrected chi connectivity index (χ3v) is 5.55. The molecule has 0 aromatic rings. The predicted octanol–water partition coefficient (Wildman–Crippen LogP) is 1.19. The molecule has 0 spiro atoms. The number of aliphatic hydroxyl groups is 1. The van der Waals surface area contributed by atoms with E-state index in [-0.39, 0.29) is 31.1 Å². The average molecular weight is 335 g/mol. The largest absolute Gasteiger partial charge is 0.459 e. The van der Waals surface area contributed by atoms with Crippen molar-refractivity contribution in [1.82, 2.24) is 4.90 Å². The number of allylic oxidation sites excluding steroid dienone is 1. The van der Waals surface area contributed by atoms with Crippen LogP contribution in [0.1, 0.15) is 33.6 Å². The summed E-state index contributed by atoms with van der Waals surface area (Å²) in [5.74, 6) is -1.46. The maximum atomic E-state index is 12.5. The van der Waals surface area contributed by atoms with Gasteiger partial charge in [-0.1, -0.05) is 19.1 Å². The van der Waals surface area contributed by atoms with Crippen molar-refractivity contribution in [1.29, 1.82) is 0 Å². The monoisotopic (exact) mass is 335 g/mol. The second-order valence-corrected chi connectivity index (χ2v) is 7.09. The number of cyclic esters (lactones) is 1. The molecular weight excluding hydrogens is 310 g/mol. The maximum absolute atomic E-state index is 12.5. The first kappa shape index (κ1) is 17.2. The molecule has 0 amide bonds. The minimum Gasteiger partial charge on any atom is -0.459 e. The number of nitrogens with zero attached hydrogens (tertiary/aromatic N) is 1.